The summed E-state index contributed by atoms with van der Waals surface area (Å²) in [7, 11) is 0. The van der Waals surface area contributed by atoms with Crippen LogP contribution in [-0.4, -0.2) is 52.3 Å². The molecule has 1 aliphatic rings. The summed E-state index contributed by atoms with van der Waals surface area (Å²) in [4.78, 5) is 18.9. The smallest absolute Gasteiger partial charge is 0.247 e. The molecule has 1 fully saturated rings. The SMILES string of the molecule is C=CC(=O)Nc1cccc(-c2cc(CN3CCOCC3)cc(Nc3cc(C)[nH]n3)n2)c1. The summed E-state index contributed by atoms with van der Waals surface area (Å²) in [5.41, 5.74) is 4.53. The number of carbonyl (C=O) groups is 1. The van der Waals surface area contributed by atoms with Gasteiger partial charge in [-0.3, -0.25) is 14.8 Å². The van der Waals surface area contributed by atoms with E-state index in [9.17, 15) is 4.79 Å². The van der Waals surface area contributed by atoms with Gasteiger partial charge in [-0.15, -0.1) is 0 Å². The average Bonchev–Trinajstić information content (AvgIpc) is 3.19. The number of H-pyrrole nitrogens is 1. The van der Waals surface area contributed by atoms with Crippen molar-refractivity contribution in [2.24, 2.45) is 0 Å². The third kappa shape index (κ3) is 5.56. The Morgan fingerprint density at radius 2 is 2.06 bits per heavy atom. The molecule has 3 aromatic rings. The second-order valence-electron chi connectivity index (χ2n) is 7.47. The van der Waals surface area contributed by atoms with Crippen LogP contribution in [0.2, 0.25) is 0 Å². The van der Waals surface area contributed by atoms with Gasteiger partial charge in [0.15, 0.2) is 5.82 Å². The lowest BCUT2D eigenvalue weighted by Crippen LogP contribution is -2.35. The Kier molecular flexibility index (Phi) is 6.40. The molecule has 0 saturated carbocycles. The number of pyridine rings is 1. The summed E-state index contributed by atoms with van der Waals surface area (Å²) in [5.74, 6) is 1.18. The fourth-order valence-electron chi connectivity index (χ4n) is 3.47. The highest BCUT2D eigenvalue weighted by molar-refractivity contribution is 5.99. The number of morpholine rings is 1. The van der Waals surface area contributed by atoms with E-state index in [1.54, 1.807) is 0 Å². The maximum Gasteiger partial charge on any atom is 0.247 e. The number of nitrogens with zero attached hydrogens (tertiary/aromatic N) is 3. The molecule has 0 aliphatic carbocycles. The van der Waals surface area contributed by atoms with E-state index in [0.717, 1.165) is 55.4 Å². The molecule has 8 heteroatoms. The van der Waals surface area contributed by atoms with E-state index in [2.05, 4.69) is 38.4 Å². The molecule has 1 amide bonds. The molecule has 0 unspecified atom stereocenters. The van der Waals surface area contributed by atoms with Crippen LogP contribution in [-0.2, 0) is 16.1 Å². The fraction of sp³-hybridized carbons (Fsp3) is 0.261. The summed E-state index contributed by atoms with van der Waals surface area (Å²) in [5, 5.41) is 13.3. The van der Waals surface area contributed by atoms with Crippen LogP contribution in [0.25, 0.3) is 11.3 Å². The van der Waals surface area contributed by atoms with Gasteiger partial charge in [-0.05, 0) is 42.8 Å². The van der Waals surface area contributed by atoms with Gasteiger partial charge in [-0.25, -0.2) is 4.98 Å². The molecule has 0 bridgehead atoms. The zero-order chi connectivity index (χ0) is 21.6. The molecule has 1 aliphatic heterocycles. The van der Waals surface area contributed by atoms with Gasteiger partial charge in [0.25, 0.3) is 0 Å². The van der Waals surface area contributed by atoms with E-state index in [-0.39, 0.29) is 5.91 Å². The van der Waals surface area contributed by atoms with Crippen molar-refractivity contribution in [1.82, 2.24) is 20.1 Å². The summed E-state index contributed by atoms with van der Waals surface area (Å²) in [6, 6.07) is 13.7. The Morgan fingerprint density at radius 1 is 1.23 bits per heavy atom. The van der Waals surface area contributed by atoms with Crippen LogP contribution in [0.4, 0.5) is 17.3 Å². The van der Waals surface area contributed by atoms with Crippen LogP contribution in [0.1, 0.15) is 11.3 Å². The first-order chi connectivity index (χ1) is 15.1. The quantitative estimate of drug-likeness (QED) is 0.509. The Balaban J connectivity index is 1.65. The van der Waals surface area contributed by atoms with Gasteiger partial charge >= 0.3 is 0 Å². The van der Waals surface area contributed by atoms with Crippen molar-refractivity contribution in [3.05, 3.63) is 66.4 Å². The number of benzene rings is 1. The number of carbonyl (C=O) groups excluding carboxylic acids is 1. The molecule has 0 spiro atoms. The van der Waals surface area contributed by atoms with Crippen LogP contribution in [0.5, 0.6) is 0 Å². The van der Waals surface area contributed by atoms with Gasteiger partial charge in [-0.1, -0.05) is 18.7 Å². The summed E-state index contributed by atoms with van der Waals surface area (Å²) >= 11 is 0. The van der Waals surface area contributed by atoms with Gasteiger partial charge in [-0.2, -0.15) is 5.10 Å². The third-order valence-electron chi connectivity index (χ3n) is 4.97. The monoisotopic (exact) mass is 418 g/mol. The number of ether oxygens (including phenoxy) is 1. The first-order valence-corrected chi connectivity index (χ1v) is 10.2. The molecule has 31 heavy (non-hydrogen) atoms. The number of aromatic amines is 1. The topological polar surface area (TPSA) is 95.2 Å². The minimum absolute atomic E-state index is 0.248. The van der Waals surface area contributed by atoms with Crippen LogP contribution in [0.3, 0.4) is 0 Å². The van der Waals surface area contributed by atoms with E-state index in [1.807, 2.05) is 43.3 Å². The van der Waals surface area contributed by atoms with Crippen molar-refractivity contribution >= 4 is 23.2 Å². The molecule has 3 N–H and O–H groups in total. The molecule has 1 saturated heterocycles. The molecule has 0 radical (unpaired) electrons. The Morgan fingerprint density at radius 3 is 2.81 bits per heavy atom. The average molecular weight is 419 g/mol. The molecule has 8 nitrogen and oxygen atoms in total. The normalized spacial score (nSPS) is 14.2. The van der Waals surface area contributed by atoms with Gasteiger partial charge < -0.3 is 15.4 Å². The Bertz CT molecular complexity index is 1070. The molecule has 4 rings (SSSR count). The van der Waals surface area contributed by atoms with Crippen molar-refractivity contribution in [2.45, 2.75) is 13.5 Å². The molecule has 1 aromatic carbocycles. The van der Waals surface area contributed by atoms with Crippen molar-refractivity contribution in [3.63, 3.8) is 0 Å². The number of anilines is 3. The second-order valence-corrected chi connectivity index (χ2v) is 7.47. The third-order valence-corrected chi connectivity index (χ3v) is 4.97. The minimum Gasteiger partial charge on any atom is -0.379 e. The van der Waals surface area contributed by atoms with E-state index >= 15 is 0 Å². The number of hydrogen-bond acceptors (Lipinski definition) is 6. The van der Waals surface area contributed by atoms with Gasteiger partial charge in [0.2, 0.25) is 5.91 Å². The number of amides is 1. The Hall–Kier alpha value is -3.49. The van der Waals surface area contributed by atoms with Gasteiger partial charge in [0, 0.05) is 42.6 Å². The predicted molar refractivity (Wildman–Crippen MR) is 121 cm³/mol. The number of aryl methyl sites for hydroxylation is 1. The number of rotatable bonds is 7. The van der Waals surface area contributed by atoms with Crippen molar-refractivity contribution in [3.8, 4) is 11.3 Å². The largest absolute Gasteiger partial charge is 0.379 e. The predicted octanol–water partition coefficient (Wildman–Crippen LogP) is 3.48. The number of aromatic nitrogens is 3. The van der Waals surface area contributed by atoms with Crippen molar-refractivity contribution in [2.75, 3.05) is 36.9 Å². The highest BCUT2D eigenvalue weighted by atomic mass is 16.5. The van der Waals surface area contributed by atoms with Crippen LogP contribution >= 0.6 is 0 Å². The zero-order valence-electron chi connectivity index (χ0n) is 17.5. The molecule has 2 aromatic heterocycles. The highest BCUT2D eigenvalue weighted by Crippen LogP contribution is 2.26. The molecule has 3 heterocycles. The summed E-state index contributed by atoms with van der Waals surface area (Å²) in [6.07, 6.45) is 1.25. The lowest BCUT2D eigenvalue weighted by molar-refractivity contribution is -0.111. The lowest BCUT2D eigenvalue weighted by atomic mass is 10.1. The van der Waals surface area contributed by atoms with Crippen LogP contribution in [0.15, 0.2) is 55.1 Å². The van der Waals surface area contributed by atoms with Crippen LogP contribution < -0.4 is 10.6 Å². The van der Waals surface area contributed by atoms with E-state index in [1.165, 1.54) is 6.08 Å². The molecule has 160 valence electrons. The molecular weight excluding hydrogens is 392 g/mol. The first kappa shape index (κ1) is 20.8. The Labute approximate surface area is 181 Å². The van der Waals surface area contributed by atoms with E-state index in [4.69, 9.17) is 9.72 Å². The van der Waals surface area contributed by atoms with E-state index < -0.39 is 0 Å². The van der Waals surface area contributed by atoms with Crippen molar-refractivity contribution < 1.29 is 9.53 Å². The zero-order valence-corrected chi connectivity index (χ0v) is 17.5. The van der Waals surface area contributed by atoms with Crippen LogP contribution in [0, 0.1) is 6.92 Å². The standard InChI is InChI=1S/C23H26N6O2/c1-3-23(30)24-19-6-4-5-18(14-19)20-12-17(15-29-7-9-31-10-8-29)13-21(25-20)26-22-11-16(2)27-28-22/h3-6,11-14H,1,7-10,15H2,2H3,(H,24,30)(H2,25,26,27,28). The number of nitrogens with one attached hydrogen (secondary N) is 3. The minimum atomic E-state index is -0.248. The van der Waals surface area contributed by atoms with Gasteiger partial charge in [0.05, 0.1) is 18.9 Å². The number of hydrogen-bond donors (Lipinski definition) is 3. The highest BCUT2D eigenvalue weighted by Gasteiger charge is 2.14. The van der Waals surface area contributed by atoms with E-state index in [0.29, 0.717) is 17.3 Å². The molecule has 0 atom stereocenters. The summed E-state index contributed by atoms with van der Waals surface area (Å²) in [6.45, 7) is 9.57. The summed E-state index contributed by atoms with van der Waals surface area (Å²) < 4.78 is 5.47. The van der Waals surface area contributed by atoms with Crippen molar-refractivity contribution in [1.29, 1.82) is 0 Å². The maximum absolute atomic E-state index is 11.7. The second kappa shape index (κ2) is 9.55. The maximum atomic E-state index is 11.7. The fourth-order valence-corrected chi connectivity index (χ4v) is 3.47. The lowest BCUT2D eigenvalue weighted by Gasteiger charge is -2.26. The molecular formula is C23H26N6O2. The van der Waals surface area contributed by atoms with Gasteiger partial charge in [0.1, 0.15) is 5.82 Å². The first-order valence-electron chi connectivity index (χ1n) is 10.2.